The summed E-state index contributed by atoms with van der Waals surface area (Å²) in [6, 6.07) is 6.48. The van der Waals surface area contributed by atoms with E-state index in [1.807, 2.05) is 6.92 Å². The summed E-state index contributed by atoms with van der Waals surface area (Å²) in [6.07, 6.45) is 5.49. The fourth-order valence-electron chi connectivity index (χ4n) is 5.12. The number of nitrogens with one attached hydrogen (secondary N) is 3. The third-order valence-corrected chi connectivity index (χ3v) is 7.40. The normalized spacial score (nSPS) is 14.7. The number of benzene rings is 1. The Morgan fingerprint density at radius 2 is 1.81 bits per heavy atom. The molecule has 43 heavy (non-hydrogen) atoms. The number of carbonyl (C=O) groups excluding carboxylic acids is 1. The van der Waals surface area contributed by atoms with Crippen LogP contribution in [-0.2, 0) is 0 Å². The molecule has 4 aromatic rings. The van der Waals surface area contributed by atoms with E-state index in [0.29, 0.717) is 48.2 Å². The molecule has 1 aliphatic rings. The Bertz CT molecular complexity index is 1540. The van der Waals surface area contributed by atoms with E-state index in [1.165, 1.54) is 31.7 Å². The van der Waals surface area contributed by atoms with E-state index in [2.05, 4.69) is 40.9 Å². The van der Waals surface area contributed by atoms with Gasteiger partial charge in [0.2, 0.25) is 5.95 Å². The van der Waals surface area contributed by atoms with Gasteiger partial charge in [-0.3, -0.25) is 14.7 Å². The minimum Gasteiger partial charge on any atom is -0.369 e. The highest BCUT2D eigenvalue weighted by Crippen LogP contribution is 2.29. The Kier molecular flexibility index (Phi) is 10.7. The molecular formula is C29H34F3N9OS. The maximum atomic E-state index is 14.7. The highest BCUT2D eigenvalue weighted by atomic mass is 32.1. The summed E-state index contributed by atoms with van der Waals surface area (Å²) < 4.78 is 40.0. The minimum atomic E-state index is -2.32. The molecule has 3 aromatic heterocycles. The lowest BCUT2D eigenvalue weighted by Crippen LogP contribution is -2.41. The average molecular weight is 614 g/mol. The lowest BCUT2D eigenvalue weighted by Gasteiger charge is -2.31. The summed E-state index contributed by atoms with van der Waals surface area (Å²) in [5.41, 5.74) is 2.83. The van der Waals surface area contributed by atoms with Gasteiger partial charge in [-0.15, -0.1) is 0 Å². The van der Waals surface area contributed by atoms with Crippen LogP contribution in [0.25, 0.3) is 22.2 Å². The molecule has 0 spiro atoms. The number of hydrogen-bond acceptors (Lipinski definition) is 9. The number of hydrogen-bond donors (Lipinski definition) is 3. The first-order valence-electron chi connectivity index (χ1n) is 13.8. The number of fused-ring (bicyclic) bond motifs is 1. The smallest absolute Gasteiger partial charge is 0.251 e. The standard InChI is InChI=1S/C29H32F3N9O.H2S/c1-17(20-3-4-22(30)26-21(28(42)33-2)5-8-34-27(20)26)12-35-25-11-23(38-16-39-25)18-13-36-29(37-14-18)40-19-6-9-41(10-7-19)15-24(31)32;/h3-5,8,11,13-14,16-17,19,24H,6-7,9-10,12,15H2,1-2H3,(H,33,42)(H,35,38,39)(H,36,37,40);1H2/t17-;/m1./s1. The van der Waals surface area contributed by atoms with Gasteiger partial charge in [-0.25, -0.2) is 33.1 Å². The molecule has 3 N–H and O–H groups in total. The summed E-state index contributed by atoms with van der Waals surface area (Å²) in [5, 5.41) is 9.34. The fraction of sp³-hybridized carbons (Fsp3) is 0.379. The largest absolute Gasteiger partial charge is 0.369 e. The van der Waals surface area contributed by atoms with Crippen LogP contribution in [0.3, 0.4) is 0 Å². The van der Waals surface area contributed by atoms with Crippen molar-refractivity contribution >= 4 is 42.1 Å². The molecule has 1 atom stereocenters. The predicted molar refractivity (Wildman–Crippen MR) is 165 cm³/mol. The number of alkyl halides is 2. The molecule has 1 saturated heterocycles. The summed E-state index contributed by atoms with van der Waals surface area (Å²) in [5.74, 6) is 0.107. The molecule has 1 aliphatic heterocycles. The van der Waals surface area contributed by atoms with E-state index >= 15 is 0 Å². The number of amides is 1. The minimum absolute atomic E-state index is 0. The highest BCUT2D eigenvalue weighted by molar-refractivity contribution is 7.59. The number of pyridine rings is 1. The van der Waals surface area contributed by atoms with Crippen molar-refractivity contribution in [1.29, 1.82) is 0 Å². The lowest BCUT2D eigenvalue weighted by atomic mass is 9.95. The van der Waals surface area contributed by atoms with Gasteiger partial charge in [0.05, 0.1) is 23.3 Å². The molecule has 0 unspecified atom stereocenters. The average Bonchev–Trinajstić information content (AvgIpc) is 3.00. The zero-order chi connectivity index (χ0) is 29.6. The second kappa shape index (κ2) is 14.4. The van der Waals surface area contributed by atoms with Gasteiger partial charge in [0, 0.05) is 74.2 Å². The van der Waals surface area contributed by atoms with Crippen molar-refractivity contribution in [2.75, 3.05) is 43.9 Å². The predicted octanol–water partition coefficient (Wildman–Crippen LogP) is 4.45. The van der Waals surface area contributed by atoms with Crippen molar-refractivity contribution in [2.24, 2.45) is 0 Å². The van der Waals surface area contributed by atoms with Gasteiger partial charge in [-0.2, -0.15) is 13.5 Å². The van der Waals surface area contributed by atoms with E-state index in [9.17, 15) is 18.0 Å². The number of halogens is 3. The summed E-state index contributed by atoms with van der Waals surface area (Å²) >= 11 is 0. The first-order chi connectivity index (χ1) is 20.3. The lowest BCUT2D eigenvalue weighted by molar-refractivity contribution is 0.0769. The number of anilines is 2. The second-order valence-corrected chi connectivity index (χ2v) is 10.3. The Hall–Kier alpha value is -4.04. The number of nitrogens with zero attached hydrogens (tertiary/aromatic N) is 6. The van der Waals surface area contributed by atoms with E-state index in [4.69, 9.17) is 0 Å². The van der Waals surface area contributed by atoms with Gasteiger partial charge >= 0.3 is 0 Å². The molecule has 0 saturated carbocycles. The van der Waals surface area contributed by atoms with E-state index in [-0.39, 0.29) is 48.9 Å². The van der Waals surface area contributed by atoms with Crippen LogP contribution < -0.4 is 16.0 Å². The number of carbonyl (C=O) groups is 1. The molecule has 0 aliphatic carbocycles. The Morgan fingerprint density at radius 1 is 1.07 bits per heavy atom. The van der Waals surface area contributed by atoms with Crippen molar-refractivity contribution in [3.63, 3.8) is 0 Å². The molecular weight excluding hydrogens is 579 g/mol. The molecule has 5 rings (SSSR count). The van der Waals surface area contributed by atoms with Gasteiger partial charge in [0.15, 0.2) is 0 Å². The van der Waals surface area contributed by atoms with Crippen LogP contribution in [-0.4, -0.2) is 81.4 Å². The molecule has 0 bridgehead atoms. The van der Waals surface area contributed by atoms with E-state index < -0.39 is 12.2 Å². The van der Waals surface area contributed by atoms with Crippen molar-refractivity contribution in [3.05, 3.63) is 66.1 Å². The molecule has 1 fully saturated rings. The van der Waals surface area contributed by atoms with Crippen molar-refractivity contribution < 1.29 is 18.0 Å². The first-order valence-corrected chi connectivity index (χ1v) is 13.8. The quantitative estimate of drug-likeness (QED) is 0.238. The molecule has 4 heterocycles. The molecule has 1 amide bonds. The fourth-order valence-corrected chi connectivity index (χ4v) is 5.12. The molecule has 14 heteroatoms. The monoisotopic (exact) mass is 613 g/mol. The summed E-state index contributed by atoms with van der Waals surface area (Å²) in [6.45, 7) is 3.49. The number of likely N-dealkylation sites (tertiary alicyclic amines) is 1. The van der Waals surface area contributed by atoms with Crippen LogP contribution in [0.2, 0.25) is 0 Å². The SMILES string of the molecule is CNC(=O)c1ccnc2c([C@H](C)CNc3cc(-c4cnc(NC5CCN(CC(F)F)CC5)nc4)ncn3)ccc(F)c12.S. The zero-order valence-corrected chi connectivity index (χ0v) is 24.8. The van der Waals surface area contributed by atoms with Gasteiger partial charge < -0.3 is 16.0 Å². The molecule has 10 nitrogen and oxygen atoms in total. The maximum Gasteiger partial charge on any atom is 0.251 e. The van der Waals surface area contributed by atoms with Crippen LogP contribution in [0.4, 0.5) is 24.9 Å². The van der Waals surface area contributed by atoms with Crippen LogP contribution >= 0.6 is 13.5 Å². The van der Waals surface area contributed by atoms with Crippen molar-refractivity contribution in [1.82, 2.24) is 35.1 Å². The summed E-state index contributed by atoms with van der Waals surface area (Å²) in [4.78, 5) is 36.0. The Morgan fingerprint density at radius 3 is 2.51 bits per heavy atom. The van der Waals surface area contributed by atoms with Gasteiger partial charge in [0.1, 0.15) is 18.0 Å². The van der Waals surface area contributed by atoms with Crippen LogP contribution in [0.1, 0.15) is 41.6 Å². The maximum absolute atomic E-state index is 14.7. The van der Waals surface area contributed by atoms with Gasteiger partial charge in [-0.05, 0) is 30.5 Å². The highest BCUT2D eigenvalue weighted by Gasteiger charge is 2.22. The van der Waals surface area contributed by atoms with Crippen LogP contribution in [0.15, 0.2) is 49.2 Å². The Labute approximate surface area is 254 Å². The second-order valence-electron chi connectivity index (χ2n) is 10.3. The van der Waals surface area contributed by atoms with Crippen LogP contribution in [0.5, 0.6) is 0 Å². The van der Waals surface area contributed by atoms with Crippen molar-refractivity contribution in [3.8, 4) is 11.3 Å². The van der Waals surface area contributed by atoms with Crippen LogP contribution in [0, 0.1) is 5.82 Å². The number of aromatic nitrogens is 5. The number of rotatable bonds is 10. The Balaban J connectivity index is 0.00000423. The summed E-state index contributed by atoms with van der Waals surface area (Å²) in [7, 11) is 1.50. The number of piperidine rings is 1. The topological polar surface area (TPSA) is 121 Å². The third-order valence-electron chi connectivity index (χ3n) is 7.40. The van der Waals surface area contributed by atoms with Crippen molar-refractivity contribution in [2.45, 2.75) is 38.2 Å². The van der Waals surface area contributed by atoms with E-state index in [1.54, 1.807) is 29.4 Å². The molecule has 228 valence electrons. The third kappa shape index (κ3) is 7.68. The van der Waals surface area contributed by atoms with Gasteiger partial charge in [0.25, 0.3) is 12.3 Å². The van der Waals surface area contributed by atoms with E-state index in [0.717, 1.165) is 18.4 Å². The van der Waals surface area contributed by atoms with Gasteiger partial charge in [-0.1, -0.05) is 13.0 Å². The zero-order valence-electron chi connectivity index (χ0n) is 23.8. The first kappa shape index (κ1) is 31.9. The molecule has 1 aromatic carbocycles. The molecule has 0 radical (unpaired) electrons.